The van der Waals surface area contributed by atoms with Crippen molar-refractivity contribution in [2.24, 2.45) is 0 Å². The molecule has 2 nitrogen and oxygen atoms in total. The van der Waals surface area contributed by atoms with E-state index in [0.29, 0.717) is 6.04 Å². The quantitative estimate of drug-likeness (QED) is 0.457. The second-order valence-corrected chi connectivity index (χ2v) is 5.16. The van der Waals surface area contributed by atoms with Crippen LogP contribution in [0, 0.1) is 5.82 Å². The summed E-state index contributed by atoms with van der Waals surface area (Å²) < 4.78 is 13.1. The van der Waals surface area contributed by atoms with E-state index in [9.17, 15) is 4.39 Å². The zero-order valence-electron chi connectivity index (χ0n) is 9.79. The molecule has 0 unspecified atom stereocenters. The molecule has 1 aromatic carbocycles. The Hall–Kier alpha value is -0.740. The number of hydrogen-bond acceptors (Lipinski definition) is 3. The lowest BCUT2D eigenvalue weighted by Gasteiger charge is -2.07. The summed E-state index contributed by atoms with van der Waals surface area (Å²) in [6.45, 7) is 5.26. The van der Waals surface area contributed by atoms with Gasteiger partial charge in [0, 0.05) is 10.9 Å². The number of nitrogens with two attached hydrogens (primary N) is 1. The highest BCUT2D eigenvalue weighted by atomic mass is 32.2. The first-order valence-electron chi connectivity index (χ1n) is 5.51. The highest BCUT2D eigenvalue weighted by molar-refractivity contribution is 7.99. The molecule has 0 saturated heterocycles. The minimum Gasteiger partial charge on any atom is -0.396 e. The molecule has 0 radical (unpaired) electrons. The molecule has 16 heavy (non-hydrogen) atoms. The average molecular weight is 242 g/mol. The maximum atomic E-state index is 13.1. The van der Waals surface area contributed by atoms with Gasteiger partial charge in [-0.1, -0.05) is 13.8 Å². The molecule has 0 saturated carbocycles. The maximum Gasteiger partial charge on any atom is 0.147 e. The number of benzene rings is 1. The number of hydrogen-bond donors (Lipinski definition) is 2. The lowest BCUT2D eigenvalue weighted by atomic mass is 10.3. The first-order valence-corrected chi connectivity index (χ1v) is 6.49. The molecule has 0 aliphatic heterocycles. The molecule has 0 atom stereocenters. The molecule has 0 aromatic heterocycles. The molecular weight excluding hydrogens is 223 g/mol. The van der Waals surface area contributed by atoms with Crippen LogP contribution in [0.1, 0.15) is 20.3 Å². The predicted molar refractivity (Wildman–Crippen MR) is 69.3 cm³/mol. The minimum atomic E-state index is -0.328. The molecule has 0 amide bonds. The fourth-order valence-corrected chi connectivity index (χ4v) is 2.13. The van der Waals surface area contributed by atoms with Crippen molar-refractivity contribution in [2.75, 3.05) is 18.0 Å². The van der Waals surface area contributed by atoms with E-state index in [1.54, 1.807) is 17.8 Å². The van der Waals surface area contributed by atoms with Gasteiger partial charge in [0.15, 0.2) is 0 Å². The highest BCUT2D eigenvalue weighted by Gasteiger charge is 2.00. The van der Waals surface area contributed by atoms with E-state index in [2.05, 4.69) is 19.2 Å². The molecule has 0 bridgehead atoms. The lowest BCUT2D eigenvalue weighted by Crippen LogP contribution is -2.23. The first kappa shape index (κ1) is 13.3. The van der Waals surface area contributed by atoms with E-state index >= 15 is 0 Å². The Morgan fingerprint density at radius 2 is 2.19 bits per heavy atom. The molecule has 0 heterocycles. The van der Waals surface area contributed by atoms with Gasteiger partial charge in [-0.15, -0.1) is 11.8 Å². The fraction of sp³-hybridized carbons (Fsp3) is 0.500. The highest BCUT2D eigenvalue weighted by Crippen LogP contribution is 2.22. The van der Waals surface area contributed by atoms with E-state index < -0.39 is 0 Å². The number of rotatable bonds is 6. The van der Waals surface area contributed by atoms with Gasteiger partial charge in [0.1, 0.15) is 5.82 Å². The van der Waals surface area contributed by atoms with E-state index in [1.807, 2.05) is 6.07 Å². The van der Waals surface area contributed by atoms with Crippen LogP contribution in [0.4, 0.5) is 10.1 Å². The van der Waals surface area contributed by atoms with Crippen LogP contribution in [-0.2, 0) is 0 Å². The molecule has 90 valence electrons. The van der Waals surface area contributed by atoms with Crippen molar-refractivity contribution in [3.8, 4) is 0 Å². The summed E-state index contributed by atoms with van der Waals surface area (Å²) in [4.78, 5) is 0.941. The summed E-state index contributed by atoms with van der Waals surface area (Å²) in [7, 11) is 0. The van der Waals surface area contributed by atoms with Crippen molar-refractivity contribution in [1.29, 1.82) is 0 Å². The Morgan fingerprint density at radius 1 is 1.44 bits per heavy atom. The molecule has 4 heteroatoms. The fourth-order valence-electron chi connectivity index (χ4n) is 1.25. The lowest BCUT2D eigenvalue weighted by molar-refractivity contribution is 0.586. The zero-order chi connectivity index (χ0) is 12.0. The molecule has 1 rings (SSSR count). The van der Waals surface area contributed by atoms with Crippen LogP contribution in [0.2, 0.25) is 0 Å². The van der Waals surface area contributed by atoms with Crippen molar-refractivity contribution in [3.63, 3.8) is 0 Å². The standard InChI is InChI=1S/C12H19FN2S/c1-9(2)15-6-3-7-16-10-4-5-12(14)11(13)8-10/h4-5,8-9,15H,3,6-7,14H2,1-2H3. The van der Waals surface area contributed by atoms with Crippen LogP contribution >= 0.6 is 11.8 Å². The monoisotopic (exact) mass is 242 g/mol. The van der Waals surface area contributed by atoms with Crippen molar-refractivity contribution < 1.29 is 4.39 Å². The molecule has 3 N–H and O–H groups in total. The minimum absolute atomic E-state index is 0.214. The maximum absolute atomic E-state index is 13.1. The van der Waals surface area contributed by atoms with E-state index in [0.717, 1.165) is 23.6 Å². The van der Waals surface area contributed by atoms with E-state index in [4.69, 9.17) is 5.73 Å². The van der Waals surface area contributed by atoms with Gasteiger partial charge in [0.05, 0.1) is 5.69 Å². The van der Waals surface area contributed by atoms with Crippen LogP contribution in [-0.4, -0.2) is 18.3 Å². The van der Waals surface area contributed by atoms with Gasteiger partial charge in [-0.25, -0.2) is 4.39 Å². The smallest absolute Gasteiger partial charge is 0.147 e. The van der Waals surface area contributed by atoms with Gasteiger partial charge < -0.3 is 11.1 Å². The summed E-state index contributed by atoms with van der Waals surface area (Å²) in [5, 5.41) is 3.34. The molecule has 0 fully saturated rings. The van der Waals surface area contributed by atoms with Gasteiger partial charge in [0.2, 0.25) is 0 Å². The SMILES string of the molecule is CC(C)NCCCSc1ccc(N)c(F)c1. The zero-order valence-corrected chi connectivity index (χ0v) is 10.6. The number of anilines is 1. The van der Waals surface area contributed by atoms with Crippen LogP contribution in [0.25, 0.3) is 0 Å². The Labute approximate surface area is 101 Å². The molecule has 0 aliphatic carbocycles. The average Bonchev–Trinajstić information content (AvgIpc) is 2.22. The van der Waals surface area contributed by atoms with Crippen molar-refractivity contribution >= 4 is 17.4 Å². The second-order valence-electron chi connectivity index (χ2n) is 3.99. The van der Waals surface area contributed by atoms with Crippen LogP contribution in [0.3, 0.4) is 0 Å². The summed E-state index contributed by atoms with van der Waals surface area (Å²) in [5.41, 5.74) is 5.62. The summed E-state index contributed by atoms with van der Waals surface area (Å²) in [5.74, 6) is 0.661. The van der Waals surface area contributed by atoms with Gasteiger partial charge in [0.25, 0.3) is 0 Å². The Morgan fingerprint density at radius 3 is 2.81 bits per heavy atom. The van der Waals surface area contributed by atoms with Gasteiger partial charge in [-0.3, -0.25) is 0 Å². The van der Waals surface area contributed by atoms with Crippen molar-refractivity contribution in [3.05, 3.63) is 24.0 Å². The molecular formula is C12H19FN2S. The van der Waals surface area contributed by atoms with Crippen molar-refractivity contribution in [2.45, 2.75) is 31.2 Å². The summed E-state index contributed by atoms with van der Waals surface area (Å²) in [6.07, 6.45) is 1.08. The summed E-state index contributed by atoms with van der Waals surface area (Å²) in [6, 6.07) is 5.50. The largest absolute Gasteiger partial charge is 0.396 e. The Bertz CT molecular complexity index is 329. The van der Waals surface area contributed by atoms with Gasteiger partial charge in [-0.2, -0.15) is 0 Å². The van der Waals surface area contributed by atoms with Crippen LogP contribution in [0.5, 0.6) is 0 Å². The Kier molecular flexibility index (Phi) is 5.63. The van der Waals surface area contributed by atoms with E-state index in [-0.39, 0.29) is 11.5 Å². The molecule has 0 spiro atoms. The molecule has 0 aliphatic rings. The van der Waals surface area contributed by atoms with Gasteiger partial charge in [-0.05, 0) is 36.9 Å². The third-order valence-electron chi connectivity index (χ3n) is 2.11. The second kappa shape index (κ2) is 6.76. The molecule has 1 aromatic rings. The summed E-state index contributed by atoms with van der Waals surface area (Å²) >= 11 is 1.66. The topological polar surface area (TPSA) is 38.0 Å². The predicted octanol–water partition coefficient (Wildman–Crippen LogP) is 2.89. The number of thioether (sulfide) groups is 1. The third-order valence-corrected chi connectivity index (χ3v) is 3.19. The van der Waals surface area contributed by atoms with E-state index in [1.165, 1.54) is 6.07 Å². The third kappa shape index (κ3) is 4.86. The first-order chi connectivity index (χ1) is 7.59. The van der Waals surface area contributed by atoms with Gasteiger partial charge >= 0.3 is 0 Å². The van der Waals surface area contributed by atoms with Crippen LogP contribution < -0.4 is 11.1 Å². The number of halogens is 1. The van der Waals surface area contributed by atoms with Crippen molar-refractivity contribution in [1.82, 2.24) is 5.32 Å². The van der Waals surface area contributed by atoms with Crippen LogP contribution in [0.15, 0.2) is 23.1 Å². The Balaban J connectivity index is 2.24. The number of nitrogen functional groups attached to an aromatic ring is 1. The number of nitrogens with one attached hydrogen (secondary N) is 1. The normalized spacial score (nSPS) is 11.0.